The van der Waals surface area contributed by atoms with Crippen molar-refractivity contribution in [3.8, 4) is 0 Å². The predicted molar refractivity (Wildman–Crippen MR) is 52.5 cm³/mol. The number of ether oxygens (including phenoxy) is 1. The smallest absolute Gasteiger partial charge is 0.354 e. The van der Waals surface area contributed by atoms with Gasteiger partial charge < -0.3 is 20.1 Å². The zero-order chi connectivity index (χ0) is 11.6. The van der Waals surface area contributed by atoms with Gasteiger partial charge in [-0.3, -0.25) is 0 Å². The van der Waals surface area contributed by atoms with E-state index >= 15 is 0 Å². The topological polar surface area (TPSA) is 94.5 Å². The lowest BCUT2D eigenvalue weighted by Crippen LogP contribution is -2.19. The first-order valence-corrected chi connectivity index (χ1v) is 4.25. The van der Waals surface area contributed by atoms with Crippen molar-refractivity contribution in [1.29, 1.82) is 0 Å². The predicted octanol–water partition coefficient (Wildman–Crippen LogP) is 0.503. The molecule has 0 saturated heterocycles. The van der Waals surface area contributed by atoms with Crippen LogP contribution in [0.15, 0.2) is 12.3 Å². The van der Waals surface area contributed by atoms with E-state index < -0.39 is 18.0 Å². The van der Waals surface area contributed by atoms with E-state index in [4.69, 9.17) is 10.8 Å². The monoisotopic (exact) mass is 212 g/mol. The number of carbonyl (C=O) groups is 2. The van der Waals surface area contributed by atoms with Gasteiger partial charge in [-0.15, -0.1) is 0 Å². The quantitative estimate of drug-likeness (QED) is 0.711. The second-order valence-electron chi connectivity index (χ2n) is 3.07. The number of carboxylic acids is 1. The number of esters is 1. The number of aliphatic carboxylic acids is 1. The van der Waals surface area contributed by atoms with Gasteiger partial charge in [-0.2, -0.15) is 0 Å². The third-order valence-corrected chi connectivity index (χ3v) is 2.04. The van der Waals surface area contributed by atoms with Gasteiger partial charge in [0.15, 0.2) is 0 Å². The Bertz CT molecular complexity index is 397. The van der Waals surface area contributed by atoms with Crippen LogP contribution >= 0.6 is 0 Å². The molecule has 15 heavy (non-hydrogen) atoms. The first kappa shape index (κ1) is 11.1. The maximum absolute atomic E-state index is 11.3. The molecule has 0 aliphatic rings. The minimum absolute atomic E-state index is 0.130. The molecule has 6 nitrogen and oxygen atoms in total. The SMILES string of the molecule is COC(=O)c1cc(N)cn1C(C)C(=O)O. The van der Waals surface area contributed by atoms with Crippen LogP contribution in [0.25, 0.3) is 0 Å². The lowest BCUT2D eigenvalue weighted by atomic mass is 10.3. The Morgan fingerprint density at radius 2 is 2.20 bits per heavy atom. The Balaban J connectivity index is 3.17. The highest BCUT2D eigenvalue weighted by Crippen LogP contribution is 2.17. The van der Waals surface area contributed by atoms with Gasteiger partial charge in [-0.25, -0.2) is 9.59 Å². The van der Waals surface area contributed by atoms with Gasteiger partial charge in [-0.1, -0.05) is 0 Å². The molecule has 0 spiro atoms. The van der Waals surface area contributed by atoms with Gasteiger partial charge in [0.25, 0.3) is 0 Å². The Kier molecular flexibility index (Phi) is 2.99. The van der Waals surface area contributed by atoms with E-state index in [-0.39, 0.29) is 5.69 Å². The van der Waals surface area contributed by atoms with Crippen molar-refractivity contribution in [2.75, 3.05) is 12.8 Å². The van der Waals surface area contributed by atoms with Gasteiger partial charge in [0.05, 0.1) is 12.8 Å². The van der Waals surface area contributed by atoms with E-state index in [0.29, 0.717) is 5.69 Å². The molecular formula is C9H12N2O4. The fourth-order valence-corrected chi connectivity index (χ4v) is 1.21. The normalized spacial score (nSPS) is 12.1. The number of hydrogen-bond donors (Lipinski definition) is 2. The Labute approximate surface area is 86.2 Å². The molecule has 0 saturated carbocycles. The summed E-state index contributed by atoms with van der Waals surface area (Å²) < 4.78 is 5.78. The average molecular weight is 212 g/mol. The van der Waals surface area contributed by atoms with Crippen molar-refractivity contribution < 1.29 is 19.4 Å². The average Bonchev–Trinajstić information content (AvgIpc) is 2.57. The van der Waals surface area contributed by atoms with E-state index in [9.17, 15) is 9.59 Å². The van der Waals surface area contributed by atoms with Crippen LogP contribution in [0.4, 0.5) is 5.69 Å². The number of rotatable bonds is 3. The molecule has 1 rings (SSSR count). The number of carbonyl (C=O) groups excluding carboxylic acids is 1. The summed E-state index contributed by atoms with van der Waals surface area (Å²) in [5, 5.41) is 8.81. The van der Waals surface area contributed by atoms with Crippen molar-refractivity contribution in [3.63, 3.8) is 0 Å². The van der Waals surface area contributed by atoms with E-state index in [1.165, 1.54) is 30.9 Å². The number of carboxylic acid groups (broad SMARTS) is 1. The molecule has 0 amide bonds. The number of nitrogens with two attached hydrogens (primary N) is 1. The summed E-state index contributed by atoms with van der Waals surface area (Å²) in [6.45, 7) is 1.45. The third kappa shape index (κ3) is 2.09. The van der Waals surface area contributed by atoms with Gasteiger partial charge in [-0.05, 0) is 13.0 Å². The number of nitrogens with zero attached hydrogens (tertiary/aromatic N) is 1. The van der Waals surface area contributed by atoms with Gasteiger partial charge in [0.1, 0.15) is 11.7 Å². The van der Waals surface area contributed by atoms with Crippen molar-refractivity contribution in [1.82, 2.24) is 4.57 Å². The molecule has 1 heterocycles. The van der Waals surface area contributed by atoms with Crippen molar-refractivity contribution >= 4 is 17.6 Å². The number of hydrogen-bond acceptors (Lipinski definition) is 4. The molecule has 1 aromatic rings. The van der Waals surface area contributed by atoms with Crippen molar-refractivity contribution in [3.05, 3.63) is 18.0 Å². The second kappa shape index (κ2) is 4.04. The van der Waals surface area contributed by atoms with Crippen LogP contribution in [0.1, 0.15) is 23.5 Å². The fraction of sp³-hybridized carbons (Fsp3) is 0.333. The zero-order valence-corrected chi connectivity index (χ0v) is 8.43. The molecule has 6 heteroatoms. The summed E-state index contributed by atoms with van der Waals surface area (Å²) in [7, 11) is 1.22. The lowest BCUT2D eigenvalue weighted by molar-refractivity contribution is -0.140. The van der Waals surface area contributed by atoms with Crippen LogP contribution in [0.3, 0.4) is 0 Å². The molecule has 3 N–H and O–H groups in total. The van der Waals surface area contributed by atoms with Crippen molar-refractivity contribution in [2.45, 2.75) is 13.0 Å². The summed E-state index contributed by atoms with van der Waals surface area (Å²) in [5.74, 6) is -1.66. The van der Waals surface area contributed by atoms with Crippen LogP contribution in [0.2, 0.25) is 0 Å². The van der Waals surface area contributed by atoms with E-state index in [2.05, 4.69) is 4.74 Å². The summed E-state index contributed by atoms with van der Waals surface area (Å²) >= 11 is 0. The van der Waals surface area contributed by atoms with Crippen LogP contribution < -0.4 is 5.73 Å². The molecule has 0 radical (unpaired) electrons. The summed E-state index contributed by atoms with van der Waals surface area (Å²) in [5.41, 5.74) is 5.94. The first-order valence-electron chi connectivity index (χ1n) is 4.25. The van der Waals surface area contributed by atoms with Gasteiger partial charge in [0.2, 0.25) is 0 Å². The molecule has 0 bridgehead atoms. The lowest BCUT2D eigenvalue weighted by Gasteiger charge is -2.11. The third-order valence-electron chi connectivity index (χ3n) is 2.04. The number of methoxy groups -OCH3 is 1. The van der Waals surface area contributed by atoms with Crippen LogP contribution in [-0.4, -0.2) is 28.7 Å². The standard InChI is InChI=1S/C9H12N2O4/c1-5(8(12)13)11-4-6(10)3-7(11)9(14)15-2/h3-5H,10H2,1-2H3,(H,12,13). The maximum atomic E-state index is 11.3. The highest BCUT2D eigenvalue weighted by molar-refractivity contribution is 5.89. The van der Waals surface area contributed by atoms with E-state index in [0.717, 1.165) is 0 Å². The van der Waals surface area contributed by atoms with Gasteiger partial charge >= 0.3 is 11.9 Å². The molecule has 82 valence electrons. The molecule has 1 atom stereocenters. The Hall–Kier alpha value is -1.98. The van der Waals surface area contributed by atoms with Gasteiger partial charge in [0, 0.05) is 6.20 Å². The minimum atomic E-state index is -1.05. The van der Waals surface area contributed by atoms with E-state index in [1.54, 1.807) is 0 Å². The molecule has 0 fully saturated rings. The highest BCUT2D eigenvalue weighted by atomic mass is 16.5. The highest BCUT2D eigenvalue weighted by Gasteiger charge is 2.21. The second-order valence-corrected chi connectivity index (χ2v) is 3.07. The first-order chi connectivity index (χ1) is 6.97. The minimum Gasteiger partial charge on any atom is -0.480 e. The number of aromatic nitrogens is 1. The fourth-order valence-electron chi connectivity index (χ4n) is 1.21. The number of nitrogen functional groups attached to an aromatic ring is 1. The Morgan fingerprint density at radius 3 is 2.67 bits per heavy atom. The summed E-state index contributed by atoms with van der Waals surface area (Å²) in [4.78, 5) is 22.0. The van der Waals surface area contributed by atoms with Crippen molar-refractivity contribution in [2.24, 2.45) is 0 Å². The Morgan fingerprint density at radius 1 is 1.60 bits per heavy atom. The number of anilines is 1. The largest absolute Gasteiger partial charge is 0.480 e. The maximum Gasteiger partial charge on any atom is 0.354 e. The molecule has 1 unspecified atom stereocenters. The zero-order valence-electron chi connectivity index (χ0n) is 8.43. The van der Waals surface area contributed by atoms with Crippen LogP contribution in [0, 0.1) is 0 Å². The molecular weight excluding hydrogens is 200 g/mol. The summed E-state index contributed by atoms with van der Waals surface area (Å²) in [6.07, 6.45) is 1.39. The molecule has 0 aromatic carbocycles. The molecule has 0 aliphatic heterocycles. The van der Waals surface area contributed by atoms with Crippen LogP contribution in [-0.2, 0) is 9.53 Å². The van der Waals surface area contributed by atoms with E-state index in [1.807, 2.05) is 0 Å². The van der Waals surface area contributed by atoms with Crippen LogP contribution in [0.5, 0.6) is 0 Å². The molecule has 0 aliphatic carbocycles. The summed E-state index contributed by atoms with van der Waals surface area (Å²) in [6, 6.07) is 0.516. The molecule has 1 aromatic heterocycles.